The number of hydrogen-bond donors (Lipinski definition) is 1. The van der Waals surface area contributed by atoms with Crippen LogP contribution in [0.2, 0.25) is 0 Å². The normalized spacial score (nSPS) is 15.8. The van der Waals surface area contributed by atoms with Gasteiger partial charge in [0.15, 0.2) is 5.43 Å². The molecular weight excluding hydrogens is 212 g/mol. The van der Waals surface area contributed by atoms with Gasteiger partial charge in [-0.25, -0.2) is 0 Å². The van der Waals surface area contributed by atoms with E-state index in [2.05, 4.69) is 16.0 Å². The first-order valence-corrected chi connectivity index (χ1v) is 6.23. The van der Waals surface area contributed by atoms with E-state index in [1.807, 2.05) is 13.8 Å². The van der Waals surface area contributed by atoms with Crippen LogP contribution in [0.15, 0.2) is 28.6 Å². The minimum Gasteiger partial charge on any atom is -0.349 e. The van der Waals surface area contributed by atoms with Crippen molar-refractivity contribution in [3.8, 4) is 0 Å². The van der Waals surface area contributed by atoms with E-state index >= 15 is 0 Å². The highest BCUT2D eigenvalue weighted by atomic mass is 16.1. The monoisotopic (exact) mass is 232 g/mol. The molecule has 0 aliphatic carbocycles. The minimum atomic E-state index is 0.109. The Kier molecular flexibility index (Phi) is 3.79. The average Bonchev–Trinajstić information content (AvgIpc) is 2.29. The third kappa shape index (κ3) is 3.07. The van der Waals surface area contributed by atoms with Gasteiger partial charge in [0.1, 0.15) is 0 Å². The van der Waals surface area contributed by atoms with Gasteiger partial charge in [-0.3, -0.25) is 4.79 Å². The summed E-state index contributed by atoms with van der Waals surface area (Å²) >= 11 is 0. The maximum absolute atomic E-state index is 11.3. The summed E-state index contributed by atoms with van der Waals surface area (Å²) in [5, 5.41) is 3.32. The molecular formula is C14H20N2O. The molecule has 0 saturated carbocycles. The maximum Gasteiger partial charge on any atom is 0.182 e. The van der Waals surface area contributed by atoms with Crippen LogP contribution in [0.25, 0.3) is 0 Å². The Morgan fingerprint density at radius 1 is 1.29 bits per heavy atom. The number of nitrogens with zero attached hydrogens (tertiary/aromatic N) is 1. The van der Waals surface area contributed by atoms with E-state index in [9.17, 15) is 4.79 Å². The van der Waals surface area contributed by atoms with Gasteiger partial charge in [0, 0.05) is 36.6 Å². The van der Waals surface area contributed by atoms with Crippen LogP contribution in [-0.2, 0) is 6.54 Å². The molecule has 0 fully saturated rings. The van der Waals surface area contributed by atoms with Crippen LogP contribution in [0.3, 0.4) is 0 Å². The number of hydrogen-bond acceptors (Lipinski definition) is 2. The minimum absolute atomic E-state index is 0.109. The predicted octanol–water partition coefficient (Wildman–Crippen LogP) is 1.77. The van der Waals surface area contributed by atoms with Crippen molar-refractivity contribution < 1.29 is 0 Å². The van der Waals surface area contributed by atoms with Crippen LogP contribution in [0.4, 0.5) is 0 Å². The average molecular weight is 232 g/mol. The van der Waals surface area contributed by atoms with E-state index in [-0.39, 0.29) is 5.43 Å². The van der Waals surface area contributed by atoms with Gasteiger partial charge in [-0.1, -0.05) is 11.6 Å². The molecule has 3 nitrogen and oxygen atoms in total. The van der Waals surface area contributed by atoms with E-state index < -0.39 is 0 Å². The molecule has 0 atom stereocenters. The first kappa shape index (κ1) is 12.1. The maximum atomic E-state index is 11.3. The molecule has 3 heteroatoms. The highest BCUT2D eigenvalue weighted by Gasteiger charge is 2.05. The SMILES string of the molecule is Cc1cc(=O)cc(C)n1CCC1=CCNCC1. The fraction of sp³-hybridized carbons (Fsp3) is 0.500. The van der Waals surface area contributed by atoms with E-state index in [1.165, 1.54) is 5.57 Å². The lowest BCUT2D eigenvalue weighted by Crippen LogP contribution is -2.21. The third-order valence-electron chi connectivity index (χ3n) is 3.37. The lowest BCUT2D eigenvalue weighted by molar-refractivity contribution is 0.608. The van der Waals surface area contributed by atoms with Crippen molar-refractivity contribution in [3.05, 3.63) is 45.4 Å². The van der Waals surface area contributed by atoms with Crippen molar-refractivity contribution in [1.29, 1.82) is 0 Å². The Hall–Kier alpha value is -1.35. The summed E-state index contributed by atoms with van der Waals surface area (Å²) < 4.78 is 2.23. The Bertz CT molecular complexity index is 459. The topological polar surface area (TPSA) is 34.0 Å². The standard InChI is InChI=1S/C14H20N2O/c1-11-9-14(17)10-12(2)16(11)8-5-13-3-6-15-7-4-13/h3,9-10,15H,4-8H2,1-2H3. The van der Waals surface area contributed by atoms with Crippen molar-refractivity contribution >= 4 is 0 Å². The molecule has 0 spiro atoms. The van der Waals surface area contributed by atoms with E-state index in [4.69, 9.17) is 0 Å². The summed E-state index contributed by atoms with van der Waals surface area (Å²) in [6.45, 7) is 7.08. The van der Waals surface area contributed by atoms with Gasteiger partial charge < -0.3 is 9.88 Å². The Morgan fingerprint density at radius 2 is 2.00 bits per heavy atom. The first-order valence-electron chi connectivity index (χ1n) is 6.23. The van der Waals surface area contributed by atoms with Gasteiger partial charge in [0.2, 0.25) is 0 Å². The smallest absolute Gasteiger partial charge is 0.182 e. The van der Waals surface area contributed by atoms with Gasteiger partial charge in [-0.2, -0.15) is 0 Å². The van der Waals surface area contributed by atoms with Crippen LogP contribution >= 0.6 is 0 Å². The summed E-state index contributed by atoms with van der Waals surface area (Å²) in [5.41, 5.74) is 3.76. The van der Waals surface area contributed by atoms with Gasteiger partial charge in [0.25, 0.3) is 0 Å². The van der Waals surface area contributed by atoms with Crippen molar-refractivity contribution in [2.75, 3.05) is 13.1 Å². The summed E-state index contributed by atoms with van der Waals surface area (Å²) in [5.74, 6) is 0. The molecule has 1 aliphatic heterocycles. The second kappa shape index (κ2) is 5.32. The number of nitrogens with one attached hydrogen (secondary N) is 1. The summed E-state index contributed by atoms with van der Waals surface area (Å²) in [6, 6.07) is 3.42. The lowest BCUT2D eigenvalue weighted by atomic mass is 10.1. The molecule has 0 saturated heterocycles. The van der Waals surface area contributed by atoms with Crippen LogP contribution in [-0.4, -0.2) is 17.7 Å². The van der Waals surface area contributed by atoms with Gasteiger partial charge in [-0.15, -0.1) is 0 Å². The molecule has 92 valence electrons. The van der Waals surface area contributed by atoms with Crippen molar-refractivity contribution in [2.24, 2.45) is 0 Å². The highest BCUT2D eigenvalue weighted by Crippen LogP contribution is 2.12. The van der Waals surface area contributed by atoms with Crippen molar-refractivity contribution in [1.82, 2.24) is 9.88 Å². The van der Waals surface area contributed by atoms with E-state index in [1.54, 1.807) is 12.1 Å². The Morgan fingerprint density at radius 3 is 2.59 bits per heavy atom. The summed E-state index contributed by atoms with van der Waals surface area (Å²) in [6.07, 6.45) is 4.53. The zero-order valence-electron chi connectivity index (χ0n) is 10.6. The van der Waals surface area contributed by atoms with Gasteiger partial charge in [-0.05, 0) is 33.2 Å². The molecule has 1 aliphatic rings. The molecule has 0 bridgehead atoms. The van der Waals surface area contributed by atoms with Crippen molar-refractivity contribution in [3.63, 3.8) is 0 Å². The number of aryl methyl sites for hydroxylation is 2. The molecule has 0 radical (unpaired) electrons. The quantitative estimate of drug-likeness (QED) is 0.806. The second-order valence-corrected chi connectivity index (χ2v) is 4.69. The molecule has 0 aromatic carbocycles. The molecule has 1 N–H and O–H groups in total. The predicted molar refractivity (Wildman–Crippen MR) is 70.4 cm³/mol. The van der Waals surface area contributed by atoms with Gasteiger partial charge >= 0.3 is 0 Å². The van der Waals surface area contributed by atoms with Gasteiger partial charge in [0.05, 0.1) is 0 Å². The van der Waals surface area contributed by atoms with E-state index in [0.717, 1.165) is 43.9 Å². The molecule has 1 aromatic rings. The summed E-state index contributed by atoms with van der Waals surface area (Å²) in [4.78, 5) is 11.3. The van der Waals surface area contributed by atoms with Crippen LogP contribution in [0, 0.1) is 13.8 Å². The molecule has 2 rings (SSSR count). The largest absolute Gasteiger partial charge is 0.349 e. The number of pyridine rings is 1. The number of rotatable bonds is 3. The zero-order valence-corrected chi connectivity index (χ0v) is 10.6. The fourth-order valence-electron chi connectivity index (χ4n) is 2.39. The summed E-state index contributed by atoms with van der Waals surface area (Å²) in [7, 11) is 0. The van der Waals surface area contributed by atoms with Crippen LogP contribution in [0.1, 0.15) is 24.2 Å². The zero-order chi connectivity index (χ0) is 12.3. The Balaban J connectivity index is 2.08. The molecule has 1 aromatic heterocycles. The third-order valence-corrected chi connectivity index (χ3v) is 3.37. The second-order valence-electron chi connectivity index (χ2n) is 4.69. The molecule has 17 heavy (non-hydrogen) atoms. The number of aromatic nitrogens is 1. The van der Waals surface area contributed by atoms with Crippen molar-refractivity contribution in [2.45, 2.75) is 33.2 Å². The molecule has 0 unspecified atom stereocenters. The van der Waals surface area contributed by atoms with Crippen LogP contribution < -0.4 is 10.7 Å². The van der Waals surface area contributed by atoms with Crippen LogP contribution in [0.5, 0.6) is 0 Å². The molecule has 0 amide bonds. The highest BCUT2D eigenvalue weighted by molar-refractivity contribution is 5.13. The first-order chi connectivity index (χ1) is 8.16. The fourth-order valence-corrected chi connectivity index (χ4v) is 2.39. The Labute approximate surface area is 102 Å². The lowest BCUT2D eigenvalue weighted by Gasteiger charge is -2.17. The van der Waals surface area contributed by atoms with E-state index in [0.29, 0.717) is 0 Å². The molecule has 2 heterocycles.